The Hall–Kier alpha value is -3.34. The molecule has 2 aromatic carbocycles. The Morgan fingerprint density at radius 3 is 2.35 bits per heavy atom. The molecule has 130 valence electrons. The minimum atomic E-state index is -0.580. The lowest BCUT2D eigenvalue weighted by Crippen LogP contribution is -2.61. The van der Waals surface area contributed by atoms with E-state index in [4.69, 9.17) is 9.47 Å². The molecule has 4 rings (SSSR count). The summed E-state index contributed by atoms with van der Waals surface area (Å²) in [6, 6.07) is 20.4. The molecule has 0 unspecified atom stereocenters. The second kappa shape index (κ2) is 6.88. The molecular weight excluding hydrogens is 328 g/mol. The standard InChI is InChI=1S/C21H18N2O3/c1-25-17-11-9-16(10-12-17)23-19(15-6-5-13-22-14-15)20(21(23)24)26-18-7-3-2-4-8-18/h2-14,19-20H,1H3/t19-,20+/m1/s1. The highest BCUT2D eigenvalue weighted by Crippen LogP contribution is 2.41. The molecule has 1 aliphatic heterocycles. The molecular formula is C21H18N2O3. The van der Waals surface area contributed by atoms with Gasteiger partial charge in [0.15, 0.2) is 0 Å². The Morgan fingerprint density at radius 1 is 0.923 bits per heavy atom. The number of hydrogen-bond donors (Lipinski definition) is 0. The van der Waals surface area contributed by atoms with Crippen LogP contribution in [0.25, 0.3) is 0 Å². The van der Waals surface area contributed by atoms with Crippen molar-refractivity contribution in [2.75, 3.05) is 12.0 Å². The van der Waals surface area contributed by atoms with Crippen LogP contribution in [-0.4, -0.2) is 24.1 Å². The monoisotopic (exact) mass is 346 g/mol. The van der Waals surface area contributed by atoms with Gasteiger partial charge in [0.2, 0.25) is 6.10 Å². The second-order valence-electron chi connectivity index (χ2n) is 5.99. The molecule has 5 heteroatoms. The molecule has 2 heterocycles. The third-order valence-corrected chi connectivity index (χ3v) is 4.43. The van der Waals surface area contributed by atoms with E-state index in [1.165, 1.54) is 0 Å². The van der Waals surface area contributed by atoms with E-state index in [0.717, 1.165) is 17.0 Å². The van der Waals surface area contributed by atoms with Crippen molar-refractivity contribution in [1.29, 1.82) is 0 Å². The summed E-state index contributed by atoms with van der Waals surface area (Å²) in [5, 5.41) is 0. The van der Waals surface area contributed by atoms with Gasteiger partial charge in [0.05, 0.1) is 7.11 Å². The van der Waals surface area contributed by atoms with Crippen LogP contribution in [0, 0.1) is 0 Å². The Morgan fingerprint density at radius 2 is 1.69 bits per heavy atom. The smallest absolute Gasteiger partial charge is 0.271 e. The highest BCUT2D eigenvalue weighted by Gasteiger charge is 2.51. The van der Waals surface area contributed by atoms with E-state index in [0.29, 0.717) is 5.75 Å². The van der Waals surface area contributed by atoms with Crippen molar-refractivity contribution < 1.29 is 14.3 Å². The number of ether oxygens (including phenoxy) is 2. The fourth-order valence-corrected chi connectivity index (χ4v) is 3.13. The molecule has 3 aromatic rings. The first-order valence-electron chi connectivity index (χ1n) is 8.36. The number of carbonyl (C=O) groups excluding carboxylic acids is 1. The van der Waals surface area contributed by atoms with Crippen molar-refractivity contribution in [3.63, 3.8) is 0 Å². The van der Waals surface area contributed by atoms with Crippen LogP contribution >= 0.6 is 0 Å². The van der Waals surface area contributed by atoms with Crippen molar-refractivity contribution in [3.05, 3.63) is 84.7 Å². The molecule has 2 atom stereocenters. The minimum absolute atomic E-state index is 0.0760. The summed E-state index contributed by atoms with van der Waals surface area (Å²) in [6.07, 6.45) is 2.91. The molecule has 5 nitrogen and oxygen atoms in total. The molecule has 0 N–H and O–H groups in total. The van der Waals surface area contributed by atoms with Crippen molar-refractivity contribution in [3.8, 4) is 11.5 Å². The summed E-state index contributed by atoms with van der Waals surface area (Å²) in [5.74, 6) is 1.35. The van der Waals surface area contributed by atoms with Gasteiger partial charge in [0, 0.05) is 18.1 Å². The normalized spacial score (nSPS) is 19.0. The third kappa shape index (κ3) is 2.88. The van der Waals surface area contributed by atoms with Crippen molar-refractivity contribution >= 4 is 11.6 Å². The molecule has 1 saturated heterocycles. The molecule has 0 aliphatic carbocycles. The Labute approximate surface area is 151 Å². The van der Waals surface area contributed by atoms with Gasteiger partial charge in [0.25, 0.3) is 5.91 Å². The number of β-lactam (4-membered cyclic amide) rings is 1. The predicted molar refractivity (Wildman–Crippen MR) is 98.3 cm³/mol. The van der Waals surface area contributed by atoms with Gasteiger partial charge in [-0.25, -0.2) is 0 Å². The fraction of sp³-hybridized carbons (Fsp3) is 0.143. The molecule has 0 bridgehead atoms. The largest absolute Gasteiger partial charge is 0.497 e. The number of para-hydroxylation sites is 1. The van der Waals surface area contributed by atoms with Crippen LogP contribution in [-0.2, 0) is 4.79 Å². The van der Waals surface area contributed by atoms with Crippen LogP contribution < -0.4 is 14.4 Å². The summed E-state index contributed by atoms with van der Waals surface area (Å²) in [5.41, 5.74) is 1.74. The molecule has 0 radical (unpaired) electrons. The highest BCUT2D eigenvalue weighted by atomic mass is 16.5. The van der Waals surface area contributed by atoms with Crippen LogP contribution in [0.5, 0.6) is 11.5 Å². The first kappa shape index (κ1) is 16.1. The van der Waals surface area contributed by atoms with E-state index in [9.17, 15) is 4.79 Å². The number of anilines is 1. The van der Waals surface area contributed by atoms with Gasteiger partial charge in [-0.3, -0.25) is 14.7 Å². The van der Waals surface area contributed by atoms with Gasteiger partial charge in [-0.1, -0.05) is 24.3 Å². The van der Waals surface area contributed by atoms with Crippen LogP contribution in [0.2, 0.25) is 0 Å². The van der Waals surface area contributed by atoms with E-state index in [-0.39, 0.29) is 11.9 Å². The number of hydrogen-bond acceptors (Lipinski definition) is 4. The Kier molecular flexibility index (Phi) is 4.27. The van der Waals surface area contributed by atoms with Crippen molar-refractivity contribution in [1.82, 2.24) is 4.98 Å². The number of aromatic nitrogens is 1. The van der Waals surface area contributed by atoms with E-state index in [1.54, 1.807) is 24.4 Å². The lowest BCUT2D eigenvalue weighted by molar-refractivity contribution is -0.135. The summed E-state index contributed by atoms with van der Waals surface area (Å²) in [4.78, 5) is 18.8. The quantitative estimate of drug-likeness (QED) is 0.662. The average molecular weight is 346 g/mol. The Bertz CT molecular complexity index is 882. The topological polar surface area (TPSA) is 51.7 Å². The summed E-state index contributed by atoms with van der Waals surface area (Å²) < 4.78 is 11.2. The number of nitrogens with zero attached hydrogens (tertiary/aromatic N) is 2. The van der Waals surface area contributed by atoms with Gasteiger partial charge in [-0.2, -0.15) is 0 Å². The van der Waals surface area contributed by atoms with Crippen LogP contribution in [0.15, 0.2) is 79.1 Å². The molecule has 26 heavy (non-hydrogen) atoms. The number of benzene rings is 2. The first-order valence-corrected chi connectivity index (χ1v) is 8.36. The lowest BCUT2D eigenvalue weighted by Gasteiger charge is -2.46. The number of methoxy groups -OCH3 is 1. The number of amides is 1. The van der Waals surface area contributed by atoms with Crippen LogP contribution in [0.1, 0.15) is 11.6 Å². The van der Waals surface area contributed by atoms with Crippen LogP contribution in [0.4, 0.5) is 5.69 Å². The van der Waals surface area contributed by atoms with E-state index in [1.807, 2.05) is 66.7 Å². The van der Waals surface area contributed by atoms with Crippen molar-refractivity contribution in [2.24, 2.45) is 0 Å². The van der Waals surface area contributed by atoms with E-state index < -0.39 is 6.10 Å². The maximum absolute atomic E-state index is 12.9. The minimum Gasteiger partial charge on any atom is -0.497 e. The second-order valence-corrected chi connectivity index (χ2v) is 5.99. The lowest BCUT2D eigenvalue weighted by atomic mass is 9.90. The predicted octanol–water partition coefficient (Wildman–Crippen LogP) is 3.63. The summed E-state index contributed by atoms with van der Waals surface area (Å²) >= 11 is 0. The van der Waals surface area contributed by atoms with Crippen LogP contribution in [0.3, 0.4) is 0 Å². The molecule has 1 aliphatic rings. The van der Waals surface area contributed by atoms with E-state index in [2.05, 4.69) is 4.98 Å². The summed E-state index contributed by atoms with van der Waals surface area (Å²) in [6.45, 7) is 0. The number of carbonyl (C=O) groups is 1. The summed E-state index contributed by atoms with van der Waals surface area (Å²) in [7, 11) is 1.62. The zero-order valence-electron chi connectivity index (χ0n) is 14.3. The van der Waals surface area contributed by atoms with Gasteiger partial charge in [0.1, 0.15) is 17.5 Å². The molecule has 0 spiro atoms. The molecule has 1 amide bonds. The average Bonchev–Trinajstić information content (AvgIpc) is 2.71. The molecule has 1 aromatic heterocycles. The van der Waals surface area contributed by atoms with Crippen molar-refractivity contribution in [2.45, 2.75) is 12.1 Å². The zero-order chi connectivity index (χ0) is 17.9. The first-order chi connectivity index (χ1) is 12.8. The van der Waals surface area contributed by atoms with Gasteiger partial charge < -0.3 is 9.47 Å². The Balaban J connectivity index is 1.66. The SMILES string of the molecule is COc1ccc(N2C(=O)[C@@H](Oc3ccccc3)[C@H]2c2cccnc2)cc1. The van der Waals surface area contributed by atoms with Gasteiger partial charge in [-0.15, -0.1) is 0 Å². The third-order valence-electron chi connectivity index (χ3n) is 4.43. The zero-order valence-corrected chi connectivity index (χ0v) is 14.3. The molecule has 1 fully saturated rings. The van der Waals surface area contributed by atoms with Gasteiger partial charge >= 0.3 is 0 Å². The maximum Gasteiger partial charge on any atom is 0.271 e. The molecule has 0 saturated carbocycles. The number of pyridine rings is 1. The fourth-order valence-electron chi connectivity index (χ4n) is 3.13. The number of rotatable bonds is 5. The highest BCUT2D eigenvalue weighted by molar-refractivity contribution is 6.05. The van der Waals surface area contributed by atoms with E-state index >= 15 is 0 Å². The van der Waals surface area contributed by atoms with Gasteiger partial charge in [-0.05, 0) is 48.0 Å². The maximum atomic E-state index is 12.9.